The van der Waals surface area contributed by atoms with Crippen LogP contribution >= 0.6 is 35.3 Å². The number of morpholine rings is 1. The van der Waals surface area contributed by atoms with E-state index < -0.39 is 0 Å². The first-order valence-electron chi connectivity index (χ1n) is 10.1. The number of aromatic nitrogens is 3. The largest absolute Gasteiger partial charge is 0.379 e. The number of hydrogen-bond donors (Lipinski definition) is 2. The molecule has 2 N–H and O–H groups in total. The Hall–Kier alpha value is -2.02. The molecule has 31 heavy (non-hydrogen) atoms. The normalized spacial score (nSPS) is 15.8. The molecule has 4 rings (SSSR count). The molecule has 0 bridgehead atoms. The van der Waals surface area contributed by atoms with Crippen LogP contribution in [0.2, 0.25) is 0 Å². The molecule has 0 radical (unpaired) electrons. The molecule has 1 unspecified atom stereocenters. The molecule has 4 heterocycles. The highest BCUT2D eigenvalue weighted by atomic mass is 127. The molecule has 0 saturated carbocycles. The van der Waals surface area contributed by atoms with Gasteiger partial charge >= 0.3 is 0 Å². The van der Waals surface area contributed by atoms with E-state index >= 15 is 0 Å². The van der Waals surface area contributed by atoms with Gasteiger partial charge in [0, 0.05) is 56.7 Å². The summed E-state index contributed by atoms with van der Waals surface area (Å²) in [5, 5.41) is 13.3. The van der Waals surface area contributed by atoms with E-state index in [9.17, 15) is 0 Å². The summed E-state index contributed by atoms with van der Waals surface area (Å²) in [6, 6.07) is 10.5. The second kappa shape index (κ2) is 12.1. The first kappa shape index (κ1) is 23.6. The fraction of sp³-hybridized carbons (Fsp3) is 0.381. The first-order chi connectivity index (χ1) is 14.8. The van der Waals surface area contributed by atoms with Crippen molar-refractivity contribution in [2.45, 2.75) is 12.6 Å². The number of ether oxygens (including phenoxy) is 1. The lowest BCUT2D eigenvalue weighted by molar-refractivity contribution is 0.0177. The summed E-state index contributed by atoms with van der Waals surface area (Å²) >= 11 is 1.80. The van der Waals surface area contributed by atoms with E-state index in [-0.39, 0.29) is 24.0 Å². The lowest BCUT2D eigenvalue weighted by atomic mass is 10.2. The van der Waals surface area contributed by atoms with Gasteiger partial charge in [-0.1, -0.05) is 6.07 Å². The third kappa shape index (κ3) is 6.48. The van der Waals surface area contributed by atoms with Gasteiger partial charge in [0.25, 0.3) is 0 Å². The predicted octanol–water partition coefficient (Wildman–Crippen LogP) is 2.69. The fourth-order valence-electron chi connectivity index (χ4n) is 3.48. The second-order valence-electron chi connectivity index (χ2n) is 6.96. The Morgan fingerprint density at radius 3 is 2.81 bits per heavy atom. The highest BCUT2D eigenvalue weighted by Gasteiger charge is 2.23. The summed E-state index contributed by atoms with van der Waals surface area (Å²) in [6.45, 7) is 4.91. The molecular weight excluding hydrogens is 525 g/mol. The molecule has 1 atom stereocenters. The molecule has 0 amide bonds. The summed E-state index contributed by atoms with van der Waals surface area (Å²) < 4.78 is 7.29. The lowest BCUT2D eigenvalue weighted by Crippen LogP contribution is -2.46. The summed E-state index contributed by atoms with van der Waals surface area (Å²) in [7, 11) is 1.80. The molecule has 10 heteroatoms. The van der Waals surface area contributed by atoms with Crippen LogP contribution in [0.3, 0.4) is 0 Å². The zero-order chi connectivity index (χ0) is 20.6. The highest BCUT2D eigenvalue weighted by Crippen LogP contribution is 2.25. The topological polar surface area (TPSA) is 79.6 Å². The van der Waals surface area contributed by atoms with Crippen molar-refractivity contribution in [2.24, 2.45) is 4.99 Å². The quantitative estimate of drug-likeness (QED) is 0.266. The Labute approximate surface area is 203 Å². The molecule has 0 spiro atoms. The van der Waals surface area contributed by atoms with E-state index in [1.54, 1.807) is 35.5 Å². The van der Waals surface area contributed by atoms with E-state index in [0.717, 1.165) is 50.2 Å². The molecule has 1 aliphatic heterocycles. The second-order valence-corrected chi connectivity index (χ2v) is 7.94. The molecule has 1 saturated heterocycles. The van der Waals surface area contributed by atoms with E-state index in [0.29, 0.717) is 12.6 Å². The number of aliphatic imine (C=N–C) groups is 1. The zero-order valence-corrected chi connectivity index (χ0v) is 20.6. The van der Waals surface area contributed by atoms with Crippen molar-refractivity contribution in [3.05, 3.63) is 64.7 Å². The number of nitrogens with zero attached hydrogens (tertiary/aromatic N) is 5. The van der Waals surface area contributed by atoms with Crippen molar-refractivity contribution in [3.8, 4) is 5.82 Å². The average molecular weight is 553 g/mol. The van der Waals surface area contributed by atoms with Gasteiger partial charge in [-0.2, -0.15) is 5.10 Å². The van der Waals surface area contributed by atoms with Crippen LogP contribution in [-0.4, -0.2) is 65.5 Å². The number of hydrogen-bond acceptors (Lipinski definition) is 6. The Morgan fingerprint density at radius 2 is 2.10 bits per heavy atom. The Kier molecular flexibility index (Phi) is 9.25. The van der Waals surface area contributed by atoms with Gasteiger partial charge in [-0.25, -0.2) is 9.67 Å². The van der Waals surface area contributed by atoms with Crippen LogP contribution in [0.25, 0.3) is 5.82 Å². The van der Waals surface area contributed by atoms with E-state index in [1.165, 1.54) is 4.88 Å². The predicted molar refractivity (Wildman–Crippen MR) is 134 cm³/mol. The van der Waals surface area contributed by atoms with Gasteiger partial charge in [0.05, 0.1) is 19.3 Å². The Balaban J connectivity index is 0.00000272. The van der Waals surface area contributed by atoms with Crippen LogP contribution in [0.15, 0.2) is 59.3 Å². The van der Waals surface area contributed by atoms with Crippen molar-refractivity contribution in [1.82, 2.24) is 30.3 Å². The van der Waals surface area contributed by atoms with Crippen LogP contribution in [0, 0.1) is 0 Å². The molecule has 0 aliphatic carbocycles. The molecule has 166 valence electrons. The maximum absolute atomic E-state index is 5.53. The summed E-state index contributed by atoms with van der Waals surface area (Å²) in [5.74, 6) is 1.58. The third-order valence-electron chi connectivity index (χ3n) is 5.05. The van der Waals surface area contributed by atoms with Crippen LogP contribution in [-0.2, 0) is 11.3 Å². The molecule has 1 aliphatic rings. The van der Waals surface area contributed by atoms with Crippen LogP contribution < -0.4 is 10.6 Å². The van der Waals surface area contributed by atoms with Gasteiger partial charge in [0.1, 0.15) is 0 Å². The lowest BCUT2D eigenvalue weighted by Gasteiger charge is -2.34. The van der Waals surface area contributed by atoms with Gasteiger partial charge in [0.2, 0.25) is 0 Å². The third-order valence-corrected chi connectivity index (χ3v) is 6.03. The molecule has 3 aromatic rings. The molecule has 1 fully saturated rings. The maximum Gasteiger partial charge on any atom is 0.191 e. The van der Waals surface area contributed by atoms with Crippen molar-refractivity contribution < 1.29 is 4.74 Å². The highest BCUT2D eigenvalue weighted by molar-refractivity contribution is 14.0. The van der Waals surface area contributed by atoms with Gasteiger partial charge < -0.3 is 15.4 Å². The van der Waals surface area contributed by atoms with E-state index in [1.807, 2.05) is 24.4 Å². The van der Waals surface area contributed by atoms with Crippen molar-refractivity contribution in [3.63, 3.8) is 0 Å². The number of guanidine groups is 1. The SMILES string of the molecule is CN=C(NCc1ccnc(-n2cccn2)c1)NCC(c1cccs1)N1CCOCC1.I. The average Bonchev–Trinajstić information content (AvgIpc) is 3.52. The standard InChI is InChI=1S/C21H27N7OS.HI/c1-22-21(24-15-17-5-7-23-20(14-17)28-8-3-6-26-28)25-16-18(19-4-2-13-30-19)27-9-11-29-12-10-27;/h2-8,13-14,18H,9-12,15-16H2,1H3,(H2,22,24,25);1H. The zero-order valence-electron chi connectivity index (χ0n) is 17.5. The first-order valence-corrected chi connectivity index (χ1v) is 11.0. The Bertz CT molecular complexity index is 927. The number of rotatable bonds is 7. The van der Waals surface area contributed by atoms with Crippen molar-refractivity contribution >= 4 is 41.3 Å². The number of halogens is 1. The monoisotopic (exact) mass is 553 g/mol. The minimum absolute atomic E-state index is 0. The van der Waals surface area contributed by atoms with E-state index in [4.69, 9.17) is 4.74 Å². The van der Waals surface area contributed by atoms with Crippen molar-refractivity contribution in [2.75, 3.05) is 39.9 Å². The van der Waals surface area contributed by atoms with Gasteiger partial charge in [0.15, 0.2) is 11.8 Å². The number of pyridine rings is 1. The van der Waals surface area contributed by atoms with Crippen LogP contribution in [0.4, 0.5) is 0 Å². The van der Waals surface area contributed by atoms with Crippen LogP contribution in [0.1, 0.15) is 16.5 Å². The summed E-state index contributed by atoms with van der Waals surface area (Å²) in [6.07, 6.45) is 5.43. The Morgan fingerprint density at radius 1 is 1.23 bits per heavy atom. The van der Waals surface area contributed by atoms with Gasteiger partial charge in [-0.05, 0) is 35.2 Å². The maximum atomic E-state index is 5.53. The number of thiophene rings is 1. The number of nitrogens with one attached hydrogen (secondary N) is 2. The molecular formula is C21H28IN7OS. The van der Waals surface area contributed by atoms with Crippen molar-refractivity contribution in [1.29, 1.82) is 0 Å². The summed E-state index contributed by atoms with van der Waals surface area (Å²) in [4.78, 5) is 12.6. The molecule has 3 aromatic heterocycles. The smallest absolute Gasteiger partial charge is 0.191 e. The summed E-state index contributed by atoms with van der Waals surface area (Å²) in [5.41, 5.74) is 1.11. The van der Waals surface area contributed by atoms with E-state index in [2.05, 4.69) is 48.1 Å². The minimum Gasteiger partial charge on any atom is -0.379 e. The van der Waals surface area contributed by atoms with Gasteiger partial charge in [-0.3, -0.25) is 9.89 Å². The fourth-order valence-corrected chi connectivity index (χ4v) is 4.34. The molecule has 0 aromatic carbocycles. The minimum atomic E-state index is 0. The molecule has 8 nitrogen and oxygen atoms in total. The van der Waals surface area contributed by atoms with Gasteiger partial charge in [-0.15, -0.1) is 35.3 Å². The van der Waals surface area contributed by atoms with Crippen LogP contribution in [0.5, 0.6) is 0 Å².